The van der Waals surface area contributed by atoms with Crippen molar-refractivity contribution in [1.29, 1.82) is 0 Å². The second-order valence-electron chi connectivity index (χ2n) is 8.66. The predicted octanol–water partition coefficient (Wildman–Crippen LogP) is 5.03. The number of rotatable bonds is 13. The second kappa shape index (κ2) is 14.1. The summed E-state index contributed by atoms with van der Waals surface area (Å²) < 4.78 is 45.1. The van der Waals surface area contributed by atoms with Crippen LogP contribution in [0.2, 0.25) is 0 Å². The van der Waals surface area contributed by atoms with Crippen LogP contribution in [-0.4, -0.2) is 77.5 Å². The molecule has 3 aromatic carbocycles. The number of fused-ring (bicyclic) bond motifs is 1. The molecule has 0 fully saturated rings. The molecular formula is C28H29BrN4O6S2. The average Bonchev–Trinajstić information content (AvgIpc) is 3.41. The highest BCUT2D eigenvalue weighted by Gasteiger charge is 2.26. The molecule has 10 nitrogen and oxygen atoms in total. The SMILES string of the molecule is COCCN(CCOC)S(=O)(=O)c1ccc(C(=O)N(/N=C/c2ccc(Br)cc2)c2nc3ccc(OC)cc3s2)cc1. The van der Waals surface area contributed by atoms with E-state index in [1.807, 2.05) is 36.4 Å². The highest BCUT2D eigenvalue weighted by Crippen LogP contribution is 2.32. The van der Waals surface area contributed by atoms with Crippen molar-refractivity contribution in [2.45, 2.75) is 4.90 Å². The predicted molar refractivity (Wildman–Crippen MR) is 164 cm³/mol. The van der Waals surface area contributed by atoms with Gasteiger partial charge >= 0.3 is 0 Å². The zero-order chi connectivity index (χ0) is 29.4. The number of methoxy groups -OCH3 is 3. The third-order valence-electron chi connectivity index (χ3n) is 5.98. The molecule has 0 saturated carbocycles. The Kier molecular flexibility index (Phi) is 10.6. The molecule has 1 amide bonds. The first-order valence-corrected chi connectivity index (χ1v) is 15.5. The van der Waals surface area contributed by atoms with Gasteiger partial charge < -0.3 is 14.2 Å². The molecule has 0 N–H and O–H groups in total. The Morgan fingerprint density at radius 3 is 2.24 bits per heavy atom. The van der Waals surface area contributed by atoms with Gasteiger partial charge in [0.05, 0.1) is 41.7 Å². The number of carbonyl (C=O) groups excluding carboxylic acids is 1. The normalized spacial score (nSPS) is 11.9. The zero-order valence-electron chi connectivity index (χ0n) is 22.7. The molecule has 4 rings (SSSR count). The van der Waals surface area contributed by atoms with E-state index >= 15 is 0 Å². The van der Waals surface area contributed by atoms with Crippen LogP contribution in [0.4, 0.5) is 5.13 Å². The molecule has 1 aromatic heterocycles. The first-order valence-electron chi connectivity index (χ1n) is 12.4. The van der Waals surface area contributed by atoms with Crippen LogP contribution in [0.1, 0.15) is 15.9 Å². The van der Waals surface area contributed by atoms with Crippen LogP contribution in [0.15, 0.2) is 81.2 Å². The summed E-state index contributed by atoms with van der Waals surface area (Å²) in [5, 5.41) is 6.05. The average molecular weight is 662 g/mol. The zero-order valence-corrected chi connectivity index (χ0v) is 25.9. The van der Waals surface area contributed by atoms with Gasteiger partial charge in [0.2, 0.25) is 15.2 Å². The van der Waals surface area contributed by atoms with Gasteiger partial charge in [-0.2, -0.15) is 14.4 Å². The van der Waals surface area contributed by atoms with Gasteiger partial charge in [-0.25, -0.2) is 13.4 Å². The van der Waals surface area contributed by atoms with E-state index in [4.69, 9.17) is 14.2 Å². The standard InChI is InChI=1S/C28H29BrN4O6S2/c1-37-16-14-32(15-17-38-2)41(35,36)24-11-6-21(7-12-24)27(34)33(30-19-20-4-8-22(29)9-5-20)28-31-25-13-10-23(39-3)18-26(25)40-28/h4-13,18-19H,14-17H2,1-3H3/b30-19+. The molecular weight excluding hydrogens is 632 g/mol. The van der Waals surface area contributed by atoms with Crippen molar-refractivity contribution in [3.63, 3.8) is 0 Å². The minimum absolute atomic E-state index is 0.0539. The third-order valence-corrected chi connectivity index (χ3v) is 9.41. The number of ether oxygens (including phenoxy) is 3. The van der Waals surface area contributed by atoms with Crippen molar-refractivity contribution in [1.82, 2.24) is 9.29 Å². The Labute approximate surface area is 251 Å². The molecule has 0 aliphatic heterocycles. The molecule has 0 aliphatic rings. The molecule has 216 valence electrons. The van der Waals surface area contributed by atoms with E-state index in [0.717, 1.165) is 14.7 Å². The summed E-state index contributed by atoms with van der Waals surface area (Å²) in [6.45, 7) is 0.811. The van der Waals surface area contributed by atoms with Crippen molar-refractivity contribution in [3.05, 3.63) is 82.3 Å². The number of carbonyl (C=O) groups is 1. The van der Waals surface area contributed by atoms with Crippen LogP contribution < -0.4 is 9.75 Å². The summed E-state index contributed by atoms with van der Waals surface area (Å²) in [5.74, 6) is 0.203. The van der Waals surface area contributed by atoms with E-state index in [0.29, 0.717) is 16.4 Å². The maximum atomic E-state index is 13.8. The molecule has 0 spiro atoms. The first kappa shape index (κ1) is 30.8. The molecule has 0 aliphatic carbocycles. The number of sulfonamides is 1. The first-order chi connectivity index (χ1) is 19.8. The molecule has 0 bridgehead atoms. The van der Waals surface area contributed by atoms with Crippen LogP contribution in [0.25, 0.3) is 10.2 Å². The van der Waals surface area contributed by atoms with Gasteiger partial charge in [0.1, 0.15) is 5.75 Å². The number of hydrogen-bond donors (Lipinski definition) is 0. The number of anilines is 1. The highest BCUT2D eigenvalue weighted by atomic mass is 79.9. The number of amides is 1. The molecule has 0 saturated heterocycles. The maximum Gasteiger partial charge on any atom is 0.280 e. The second-order valence-corrected chi connectivity index (χ2v) is 12.5. The fraction of sp³-hybridized carbons (Fsp3) is 0.250. The molecule has 0 radical (unpaired) electrons. The lowest BCUT2D eigenvalue weighted by Gasteiger charge is -2.21. The van der Waals surface area contributed by atoms with Crippen molar-refractivity contribution in [2.75, 3.05) is 52.6 Å². The van der Waals surface area contributed by atoms with Gasteiger partial charge in [0.25, 0.3) is 5.91 Å². The number of nitrogens with zero attached hydrogens (tertiary/aromatic N) is 4. The number of halogens is 1. The van der Waals surface area contributed by atoms with Gasteiger partial charge in [0.15, 0.2) is 0 Å². The summed E-state index contributed by atoms with van der Waals surface area (Å²) >= 11 is 4.70. The minimum Gasteiger partial charge on any atom is -0.497 e. The van der Waals surface area contributed by atoms with E-state index in [1.165, 1.54) is 59.1 Å². The van der Waals surface area contributed by atoms with Crippen LogP contribution in [-0.2, 0) is 19.5 Å². The van der Waals surface area contributed by atoms with Crippen LogP contribution in [0, 0.1) is 0 Å². The topological polar surface area (TPSA) is 111 Å². The minimum atomic E-state index is -3.84. The van der Waals surface area contributed by atoms with Crippen molar-refractivity contribution in [3.8, 4) is 5.75 Å². The van der Waals surface area contributed by atoms with Crippen LogP contribution in [0.5, 0.6) is 5.75 Å². The van der Waals surface area contributed by atoms with Crippen molar-refractivity contribution < 1.29 is 27.4 Å². The van der Waals surface area contributed by atoms with Crippen molar-refractivity contribution >= 4 is 64.8 Å². The van der Waals surface area contributed by atoms with Crippen LogP contribution in [0.3, 0.4) is 0 Å². The van der Waals surface area contributed by atoms with Crippen LogP contribution >= 0.6 is 27.3 Å². The van der Waals surface area contributed by atoms with E-state index in [2.05, 4.69) is 26.0 Å². The van der Waals surface area contributed by atoms with Gasteiger partial charge in [-0.15, -0.1) is 0 Å². The lowest BCUT2D eigenvalue weighted by molar-refractivity contribution is 0.0987. The highest BCUT2D eigenvalue weighted by molar-refractivity contribution is 9.10. The smallest absolute Gasteiger partial charge is 0.280 e. The maximum absolute atomic E-state index is 13.8. The molecule has 41 heavy (non-hydrogen) atoms. The molecule has 4 aromatic rings. The third kappa shape index (κ3) is 7.56. The van der Waals surface area contributed by atoms with E-state index in [1.54, 1.807) is 19.4 Å². The fourth-order valence-electron chi connectivity index (χ4n) is 3.75. The summed E-state index contributed by atoms with van der Waals surface area (Å²) in [7, 11) is 0.758. The molecule has 0 unspecified atom stereocenters. The fourth-order valence-corrected chi connectivity index (χ4v) is 6.37. The summed E-state index contributed by atoms with van der Waals surface area (Å²) in [6, 6.07) is 18.7. The van der Waals surface area contributed by atoms with Gasteiger partial charge in [-0.1, -0.05) is 39.4 Å². The lowest BCUT2D eigenvalue weighted by Crippen LogP contribution is -2.36. The Hall–Kier alpha value is -3.20. The Bertz CT molecular complexity index is 1600. The Morgan fingerprint density at radius 1 is 0.976 bits per heavy atom. The number of hydrogen-bond acceptors (Lipinski definition) is 9. The van der Waals surface area contributed by atoms with Crippen molar-refractivity contribution in [2.24, 2.45) is 5.10 Å². The summed E-state index contributed by atoms with van der Waals surface area (Å²) in [4.78, 5) is 18.4. The van der Waals surface area contributed by atoms with Gasteiger partial charge in [0, 0.05) is 37.3 Å². The number of hydrazone groups is 1. The monoisotopic (exact) mass is 660 g/mol. The summed E-state index contributed by atoms with van der Waals surface area (Å²) in [6.07, 6.45) is 1.57. The van der Waals surface area contributed by atoms with E-state index < -0.39 is 15.9 Å². The summed E-state index contributed by atoms with van der Waals surface area (Å²) in [5.41, 5.74) is 1.72. The molecule has 1 heterocycles. The number of aromatic nitrogens is 1. The quantitative estimate of drug-likeness (QED) is 0.146. The lowest BCUT2D eigenvalue weighted by atomic mass is 10.2. The van der Waals surface area contributed by atoms with E-state index in [-0.39, 0.29) is 36.8 Å². The number of benzene rings is 3. The molecule has 0 atom stereocenters. The van der Waals surface area contributed by atoms with Gasteiger partial charge in [-0.3, -0.25) is 4.79 Å². The number of thiazole rings is 1. The largest absolute Gasteiger partial charge is 0.497 e. The Balaban J connectivity index is 1.67. The van der Waals surface area contributed by atoms with Gasteiger partial charge in [-0.05, 0) is 60.2 Å². The van der Waals surface area contributed by atoms with E-state index in [9.17, 15) is 13.2 Å². The Morgan fingerprint density at radius 2 is 1.63 bits per heavy atom. The molecule has 13 heteroatoms.